The summed E-state index contributed by atoms with van der Waals surface area (Å²) in [5.74, 6) is 0.0586. The highest BCUT2D eigenvalue weighted by Crippen LogP contribution is 2.09. The van der Waals surface area contributed by atoms with E-state index in [9.17, 15) is 4.79 Å². The molecule has 0 saturated heterocycles. The van der Waals surface area contributed by atoms with Gasteiger partial charge in [-0.2, -0.15) is 0 Å². The van der Waals surface area contributed by atoms with Crippen LogP contribution in [0.15, 0.2) is 24.3 Å². The first-order valence-electron chi connectivity index (χ1n) is 5.78. The molecule has 0 aliphatic rings. The molecule has 4 heteroatoms. The fraction of sp³-hybridized carbons (Fsp3) is 0.462. The van der Waals surface area contributed by atoms with E-state index >= 15 is 0 Å². The maximum absolute atomic E-state index is 11.7. The number of carbonyl (C=O) groups is 1. The first-order valence-corrected chi connectivity index (χ1v) is 5.78. The highest BCUT2D eigenvalue weighted by molar-refractivity contribution is 5.94. The van der Waals surface area contributed by atoms with E-state index in [1.165, 1.54) is 12.1 Å². The van der Waals surface area contributed by atoms with Crippen LogP contribution >= 0.6 is 0 Å². The third kappa shape index (κ3) is 4.44. The van der Waals surface area contributed by atoms with Crippen molar-refractivity contribution in [1.82, 2.24) is 10.2 Å². The summed E-state index contributed by atoms with van der Waals surface area (Å²) >= 11 is 0. The van der Waals surface area contributed by atoms with Crippen LogP contribution < -0.4 is 5.32 Å². The molecule has 0 unspecified atom stereocenters. The van der Waals surface area contributed by atoms with Gasteiger partial charge in [0.15, 0.2) is 0 Å². The quantitative estimate of drug-likeness (QED) is 0.814. The van der Waals surface area contributed by atoms with Crippen LogP contribution in [0.25, 0.3) is 0 Å². The standard InChI is InChI=1S/C13H20N2O2/c1-10(2)15(3)9-8-14-13(17)11-4-6-12(16)7-5-11/h4-7,10,16H,8-9H2,1-3H3,(H,14,17). The minimum absolute atomic E-state index is 0.109. The van der Waals surface area contributed by atoms with Crippen LogP contribution in [0, 0.1) is 0 Å². The maximum atomic E-state index is 11.7. The number of benzene rings is 1. The zero-order valence-corrected chi connectivity index (χ0v) is 10.6. The van der Waals surface area contributed by atoms with E-state index in [0.717, 1.165) is 6.54 Å². The number of hydrogen-bond acceptors (Lipinski definition) is 3. The number of phenolic OH excluding ortho intramolecular Hbond substituents is 1. The number of phenols is 1. The molecule has 0 atom stereocenters. The second-order valence-electron chi connectivity index (χ2n) is 4.38. The number of aromatic hydroxyl groups is 1. The monoisotopic (exact) mass is 236 g/mol. The van der Waals surface area contributed by atoms with E-state index in [4.69, 9.17) is 5.11 Å². The van der Waals surface area contributed by atoms with Gasteiger partial charge in [0.05, 0.1) is 0 Å². The SMILES string of the molecule is CC(C)N(C)CCNC(=O)c1ccc(O)cc1. The predicted octanol–water partition coefficient (Wildman–Crippen LogP) is 1.46. The maximum Gasteiger partial charge on any atom is 0.251 e. The fourth-order valence-corrected chi connectivity index (χ4v) is 1.32. The molecule has 4 nitrogen and oxygen atoms in total. The van der Waals surface area contributed by atoms with Gasteiger partial charge in [-0.25, -0.2) is 0 Å². The number of hydrogen-bond donors (Lipinski definition) is 2. The number of nitrogens with one attached hydrogen (secondary N) is 1. The Hall–Kier alpha value is -1.55. The lowest BCUT2D eigenvalue weighted by Crippen LogP contribution is -2.36. The van der Waals surface area contributed by atoms with Crippen molar-refractivity contribution >= 4 is 5.91 Å². The van der Waals surface area contributed by atoms with Crippen LogP contribution in [0.1, 0.15) is 24.2 Å². The zero-order valence-electron chi connectivity index (χ0n) is 10.6. The van der Waals surface area contributed by atoms with Gasteiger partial charge in [-0.15, -0.1) is 0 Å². The molecule has 1 aromatic carbocycles. The van der Waals surface area contributed by atoms with Crippen LogP contribution in [0.3, 0.4) is 0 Å². The molecule has 0 fully saturated rings. The van der Waals surface area contributed by atoms with Crippen molar-refractivity contribution in [3.63, 3.8) is 0 Å². The van der Waals surface area contributed by atoms with Crippen LogP contribution in [0.4, 0.5) is 0 Å². The van der Waals surface area contributed by atoms with Crippen molar-refractivity contribution in [2.24, 2.45) is 0 Å². The van der Waals surface area contributed by atoms with E-state index in [1.54, 1.807) is 12.1 Å². The lowest BCUT2D eigenvalue weighted by atomic mass is 10.2. The molecular formula is C13H20N2O2. The number of nitrogens with zero attached hydrogens (tertiary/aromatic N) is 1. The molecule has 1 aromatic rings. The topological polar surface area (TPSA) is 52.6 Å². The van der Waals surface area contributed by atoms with Gasteiger partial charge in [-0.3, -0.25) is 4.79 Å². The molecule has 0 saturated carbocycles. The van der Waals surface area contributed by atoms with Crippen molar-refractivity contribution in [2.45, 2.75) is 19.9 Å². The van der Waals surface area contributed by atoms with Crippen LogP contribution in [0.5, 0.6) is 5.75 Å². The summed E-state index contributed by atoms with van der Waals surface area (Å²) in [7, 11) is 2.03. The molecule has 94 valence electrons. The minimum atomic E-state index is -0.109. The molecule has 0 aliphatic heterocycles. The molecule has 0 aromatic heterocycles. The molecule has 0 spiro atoms. The number of amides is 1. The summed E-state index contributed by atoms with van der Waals surface area (Å²) in [4.78, 5) is 13.9. The first kappa shape index (κ1) is 13.5. The second-order valence-corrected chi connectivity index (χ2v) is 4.38. The number of likely N-dealkylation sites (N-methyl/N-ethyl adjacent to an activating group) is 1. The Morgan fingerprint density at radius 1 is 1.35 bits per heavy atom. The van der Waals surface area contributed by atoms with E-state index in [2.05, 4.69) is 24.1 Å². The van der Waals surface area contributed by atoms with Gasteiger partial charge in [0.2, 0.25) is 0 Å². The lowest BCUT2D eigenvalue weighted by Gasteiger charge is -2.20. The Kier molecular flexibility index (Phi) is 4.97. The number of rotatable bonds is 5. The average molecular weight is 236 g/mol. The Bertz CT molecular complexity index is 360. The van der Waals surface area contributed by atoms with Gasteiger partial charge in [0.1, 0.15) is 5.75 Å². The van der Waals surface area contributed by atoms with Crippen molar-refractivity contribution in [1.29, 1.82) is 0 Å². The second kappa shape index (κ2) is 6.25. The molecule has 0 bridgehead atoms. The Labute approximate surface area is 102 Å². The van der Waals surface area contributed by atoms with Crippen molar-refractivity contribution in [3.8, 4) is 5.75 Å². The highest BCUT2D eigenvalue weighted by Gasteiger charge is 2.06. The van der Waals surface area contributed by atoms with Crippen molar-refractivity contribution in [2.75, 3.05) is 20.1 Å². The molecule has 17 heavy (non-hydrogen) atoms. The van der Waals surface area contributed by atoms with Crippen molar-refractivity contribution in [3.05, 3.63) is 29.8 Å². The smallest absolute Gasteiger partial charge is 0.251 e. The average Bonchev–Trinajstić information content (AvgIpc) is 2.29. The van der Waals surface area contributed by atoms with E-state index < -0.39 is 0 Å². The summed E-state index contributed by atoms with van der Waals surface area (Å²) < 4.78 is 0. The molecule has 2 N–H and O–H groups in total. The van der Waals surface area contributed by atoms with E-state index in [0.29, 0.717) is 18.2 Å². The molecule has 1 amide bonds. The molecule has 0 aliphatic carbocycles. The first-order chi connectivity index (χ1) is 8.00. The van der Waals surface area contributed by atoms with Crippen LogP contribution in [-0.4, -0.2) is 42.1 Å². The van der Waals surface area contributed by atoms with Gasteiger partial charge >= 0.3 is 0 Å². The summed E-state index contributed by atoms with van der Waals surface area (Å²) in [5.41, 5.74) is 0.565. The van der Waals surface area contributed by atoms with E-state index in [1.807, 2.05) is 7.05 Å². The van der Waals surface area contributed by atoms with Gasteiger partial charge < -0.3 is 15.3 Å². The van der Waals surface area contributed by atoms with Gasteiger partial charge in [-0.05, 0) is 45.2 Å². The summed E-state index contributed by atoms with van der Waals surface area (Å²) in [6, 6.07) is 6.71. The predicted molar refractivity (Wildman–Crippen MR) is 68.2 cm³/mol. The summed E-state index contributed by atoms with van der Waals surface area (Å²) in [6.07, 6.45) is 0. The zero-order chi connectivity index (χ0) is 12.8. The van der Waals surface area contributed by atoms with Crippen LogP contribution in [-0.2, 0) is 0 Å². The minimum Gasteiger partial charge on any atom is -0.508 e. The molecule has 1 rings (SSSR count). The molecule has 0 heterocycles. The van der Waals surface area contributed by atoms with Gasteiger partial charge in [0.25, 0.3) is 5.91 Å². The highest BCUT2D eigenvalue weighted by atomic mass is 16.3. The Morgan fingerprint density at radius 3 is 2.47 bits per heavy atom. The molecular weight excluding hydrogens is 216 g/mol. The van der Waals surface area contributed by atoms with E-state index in [-0.39, 0.29) is 11.7 Å². The third-order valence-corrected chi connectivity index (χ3v) is 2.76. The molecule has 0 radical (unpaired) electrons. The normalized spacial score (nSPS) is 10.9. The Morgan fingerprint density at radius 2 is 1.94 bits per heavy atom. The van der Waals surface area contributed by atoms with Gasteiger partial charge in [-0.1, -0.05) is 0 Å². The van der Waals surface area contributed by atoms with Crippen molar-refractivity contribution < 1.29 is 9.90 Å². The summed E-state index contributed by atoms with van der Waals surface area (Å²) in [5, 5.41) is 12.0. The largest absolute Gasteiger partial charge is 0.508 e. The van der Waals surface area contributed by atoms with Crippen LogP contribution in [0.2, 0.25) is 0 Å². The summed E-state index contributed by atoms with van der Waals surface area (Å²) in [6.45, 7) is 5.67. The Balaban J connectivity index is 2.37. The van der Waals surface area contributed by atoms with Gasteiger partial charge in [0, 0.05) is 24.7 Å². The lowest BCUT2D eigenvalue weighted by molar-refractivity contribution is 0.0948. The number of carbonyl (C=O) groups excluding carboxylic acids is 1. The third-order valence-electron chi connectivity index (χ3n) is 2.76. The fourth-order valence-electron chi connectivity index (χ4n) is 1.32.